The molecule has 0 saturated heterocycles. The molecular weight excluding hydrogens is 160 g/mol. The molecule has 0 rings (SSSR count). The third kappa shape index (κ3) is 8.26. The minimum absolute atomic E-state index is 0.0949. The minimum Gasteiger partial charge on any atom is -0.324 e. The Hall–Kier alpha value is -0.0800. The summed E-state index contributed by atoms with van der Waals surface area (Å²) >= 11 is 0. The van der Waals surface area contributed by atoms with Crippen molar-refractivity contribution in [2.24, 2.45) is 11.1 Å². The van der Waals surface area contributed by atoms with E-state index in [-0.39, 0.29) is 5.54 Å². The molecule has 0 aromatic heterocycles. The maximum Gasteiger partial charge on any atom is 0.0223 e. The van der Waals surface area contributed by atoms with Gasteiger partial charge in [0.15, 0.2) is 0 Å². The highest BCUT2D eigenvalue weighted by atomic mass is 14.9. The molecule has 0 heterocycles. The van der Waals surface area contributed by atoms with Gasteiger partial charge in [-0.05, 0) is 25.7 Å². The van der Waals surface area contributed by atoms with Crippen LogP contribution in [-0.2, 0) is 0 Å². The smallest absolute Gasteiger partial charge is 0.0223 e. The Kier molecular flexibility index (Phi) is 4.93. The predicted octanol–water partition coefficient (Wildman–Crippen LogP) is 2.14. The van der Waals surface area contributed by atoms with Crippen LogP contribution >= 0.6 is 0 Å². The summed E-state index contributed by atoms with van der Waals surface area (Å²) in [6, 6.07) is 0. The summed E-state index contributed by atoms with van der Waals surface area (Å²) in [5, 5.41) is 3.43. The highest BCUT2D eigenvalue weighted by molar-refractivity contribution is 4.78. The molecule has 0 atom stereocenters. The zero-order chi connectivity index (χ0) is 10.5. The normalized spacial score (nSPS) is 13.4. The van der Waals surface area contributed by atoms with Crippen LogP contribution in [0.3, 0.4) is 0 Å². The van der Waals surface area contributed by atoms with Crippen LogP contribution in [0.4, 0.5) is 0 Å². The molecular formula is C11H26N2. The van der Waals surface area contributed by atoms with Gasteiger partial charge in [-0.25, -0.2) is 0 Å². The maximum absolute atomic E-state index is 5.88. The number of rotatable bonds is 6. The number of nitrogens with two attached hydrogens (primary N) is 1. The summed E-state index contributed by atoms with van der Waals surface area (Å²) in [6.07, 6.45) is 2.52. The highest BCUT2D eigenvalue weighted by Gasteiger charge is 2.17. The van der Waals surface area contributed by atoms with E-state index in [0.717, 1.165) is 13.1 Å². The molecule has 80 valence electrons. The van der Waals surface area contributed by atoms with Crippen LogP contribution in [0.5, 0.6) is 0 Å². The summed E-state index contributed by atoms with van der Waals surface area (Å²) in [6.45, 7) is 12.9. The van der Waals surface area contributed by atoms with Crippen molar-refractivity contribution in [1.82, 2.24) is 5.32 Å². The fraction of sp³-hybridized carbons (Fsp3) is 1.00. The van der Waals surface area contributed by atoms with Gasteiger partial charge in [0, 0.05) is 18.6 Å². The molecule has 0 bridgehead atoms. The van der Waals surface area contributed by atoms with E-state index in [4.69, 9.17) is 5.73 Å². The SMILES string of the molecule is CCCC(C)(C)CNCC(C)(C)N. The number of nitrogens with one attached hydrogen (secondary N) is 1. The zero-order valence-corrected chi connectivity index (χ0v) is 9.91. The summed E-state index contributed by atoms with van der Waals surface area (Å²) in [5.74, 6) is 0. The average Bonchev–Trinajstić information content (AvgIpc) is 1.82. The van der Waals surface area contributed by atoms with Gasteiger partial charge >= 0.3 is 0 Å². The highest BCUT2D eigenvalue weighted by Crippen LogP contribution is 2.20. The van der Waals surface area contributed by atoms with Gasteiger partial charge in [0.25, 0.3) is 0 Å². The summed E-state index contributed by atoms with van der Waals surface area (Å²) < 4.78 is 0. The molecule has 0 amide bonds. The van der Waals surface area contributed by atoms with E-state index >= 15 is 0 Å². The molecule has 0 radical (unpaired) electrons. The van der Waals surface area contributed by atoms with Crippen molar-refractivity contribution in [1.29, 1.82) is 0 Å². The van der Waals surface area contributed by atoms with Gasteiger partial charge in [0.1, 0.15) is 0 Å². The largest absolute Gasteiger partial charge is 0.324 e. The molecule has 0 spiro atoms. The third-order valence-electron chi connectivity index (χ3n) is 2.11. The van der Waals surface area contributed by atoms with Crippen molar-refractivity contribution in [2.45, 2.75) is 53.0 Å². The number of hydrogen-bond donors (Lipinski definition) is 2. The van der Waals surface area contributed by atoms with Gasteiger partial charge in [0.05, 0.1) is 0 Å². The van der Waals surface area contributed by atoms with Crippen LogP contribution in [0.25, 0.3) is 0 Å². The summed E-state index contributed by atoms with van der Waals surface area (Å²) in [7, 11) is 0. The van der Waals surface area contributed by atoms with Crippen molar-refractivity contribution in [2.75, 3.05) is 13.1 Å². The van der Waals surface area contributed by atoms with Crippen LogP contribution in [0.1, 0.15) is 47.5 Å². The Labute approximate surface area is 83.3 Å². The first-order chi connectivity index (χ1) is 5.77. The Morgan fingerprint density at radius 1 is 1.08 bits per heavy atom. The second kappa shape index (κ2) is 4.97. The third-order valence-corrected chi connectivity index (χ3v) is 2.11. The van der Waals surface area contributed by atoms with Gasteiger partial charge in [-0.2, -0.15) is 0 Å². The molecule has 2 heteroatoms. The van der Waals surface area contributed by atoms with Gasteiger partial charge in [-0.15, -0.1) is 0 Å². The topological polar surface area (TPSA) is 38.0 Å². The van der Waals surface area contributed by atoms with E-state index in [1.54, 1.807) is 0 Å². The summed E-state index contributed by atoms with van der Waals surface area (Å²) in [5.41, 5.74) is 6.18. The Morgan fingerprint density at radius 2 is 1.62 bits per heavy atom. The van der Waals surface area contributed by atoms with E-state index in [2.05, 4.69) is 26.1 Å². The van der Waals surface area contributed by atoms with Crippen molar-refractivity contribution in [3.63, 3.8) is 0 Å². The lowest BCUT2D eigenvalue weighted by molar-refractivity contribution is 0.299. The average molecular weight is 186 g/mol. The lowest BCUT2D eigenvalue weighted by Gasteiger charge is -2.27. The van der Waals surface area contributed by atoms with E-state index in [1.165, 1.54) is 12.8 Å². The minimum atomic E-state index is -0.0949. The van der Waals surface area contributed by atoms with E-state index < -0.39 is 0 Å². The van der Waals surface area contributed by atoms with Gasteiger partial charge < -0.3 is 11.1 Å². The van der Waals surface area contributed by atoms with E-state index in [0.29, 0.717) is 5.41 Å². The monoisotopic (exact) mass is 186 g/mol. The van der Waals surface area contributed by atoms with Crippen molar-refractivity contribution < 1.29 is 0 Å². The van der Waals surface area contributed by atoms with Crippen molar-refractivity contribution in [3.8, 4) is 0 Å². The van der Waals surface area contributed by atoms with E-state index in [1.807, 2.05) is 13.8 Å². The first-order valence-electron chi connectivity index (χ1n) is 5.26. The predicted molar refractivity (Wildman–Crippen MR) is 59.8 cm³/mol. The van der Waals surface area contributed by atoms with Crippen molar-refractivity contribution in [3.05, 3.63) is 0 Å². The van der Waals surface area contributed by atoms with Crippen molar-refractivity contribution >= 4 is 0 Å². The van der Waals surface area contributed by atoms with Crippen LogP contribution in [0.2, 0.25) is 0 Å². The second-order valence-corrected chi connectivity index (χ2v) is 5.51. The molecule has 0 unspecified atom stereocenters. The molecule has 3 N–H and O–H groups in total. The molecule has 0 aliphatic rings. The lowest BCUT2D eigenvalue weighted by atomic mass is 9.88. The number of hydrogen-bond acceptors (Lipinski definition) is 2. The van der Waals surface area contributed by atoms with Crippen LogP contribution in [0, 0.1) is 5.41 Å². The van der Waals surface area contributed by atoms with E-state index in [9.17, 15) is 0 Å². The lowest BCUT2D eigenvalue weighted by Crippen LogP contribution is -2.45. The van der Waals surface area contributed by atoms with Crippen LogP contribution < -0.4 is 11.1 Å². The molecule has 0 saturated carbocycles. The molecule has 13 heavy (non-hydrogen) atoms. The maximum atomic E-state index is 5.88. The van der Waals surface area contributed by atoms with Crippen LogP contribution in [-0.4, -0.2) is 18.6 Å². The van der Waals surface area contributed by atoms with Gasteiger partial charge in [0.2, 0.25) is 0 Å². The Morgan fingerprint density at radius 3 is 2.00 bits per heavy atom. The summed E-state index contributed by atoms with van der Waals surface area (Å²) in [4.78, 5) is 0. The molecule has 2 nitrogen and oxygen atoms in total. The second-order valence-electron chi connectivity index (χ2n) is 5.51. The molecule has 0 aromatic carbocycles. The zero-order valence-electron chi connectivity index (χ0n) is 9.91. The van der Waals surface area contributed by atoms with Gasteiger partial charge in [-0.1, -0.05) is 27.2 Å². The molecule has 0 fully saturated rings. The molecule has 0 aliphatic carbocycles. The first-order valence-corrected chi connectivity index (χ1v) is 5.26. The molecule has 0 aliphatic heterocycles. The first kappa shape index (κ1) is 12.9. The molecule has 0 aromatic rings. The fourth-order valence-corrected chi connectivity index (χ4v) is 1.49. The standard InChI is InChI=1S/C11H26N2/c1-6-7-10(2,3)8-13-9-11(4,5)12/h13H,6-9,12H2,1-5H3. The quantitative estimate of drug-likeness (QED) is 0.667. The Balaban J connectivity index is 3.63. The fourth-order valence-electron chi connectivity index (χ4n) is 1.49. The Bertz CT molecular complexity index is 134. The van der Waals surface area contributed by atoms with Gasteiger partial charge in [-0.3, -0.25) is 0 Å². The van der Waals surface area contributed by atoms with Crippen LogP contribution in [0.15, 0.2) is 0 Å².